The van der Waals surface area contributed by atoms with E-state index in [4.69, 9.17) is 21.1 Å². The zero-order valence-electron chi connectivity index (χ0n) is 17.8. The molecule has 8 heteroatoms. The summed E-state index contributed by atoms with van der Waals surface area (Å²) < 4.78 is 10.9. The normalized spacial score (nSPS) is 20.8. The van der Waals surface area contributed by atoms with Crippen molar-refractivity contribution < 1.29 is 14.3 Å². The highest BCUT2D eigenvalue weighted by molar-refractivity contribution is 6.29. The van der Waals surface area contributed by atoms with E-state index in [2.05, 4.69) is 32.5 Å². The molecule has 1 atom stereocenters. The molecule has 1 amide bonds. The fourth-order valence-corrected chi connectivity index (χ4v) is 4.65. The number of ether oxygens (including phenoxy) is 2. The third-order valence-electron chi connectivity index (χ3n) is 6.49. The number of piperidine rings is 1. The second-order valence-corrected chi connectivity index (χ2v) is 8.73. The maximum atomic E-state index is 13.1. The van der Waals surface area contributed by atoms with Crippen molar-refractivity contribution in [2.45, 2.75) is 31.1 Å². The number of benzene rings is 1. The number of carbonyl (C=O) groups excluding carboxylic acids is 1. The Balaban J connectivity index is 1.42. The van der Waals surface area contributed by atoms with Crippen molar-refractivity contribution in [1.29, 1.82) is 0 Å². The molecule has 3 heterocycles. The highest BCUT2D eigenvalue weighted by Gasteiger charge is 2.36. The van der Waals surface area contributed by atoms with Gasteiger partial charge in [0.1, 0.15) is 5.75 Å². The molecule has 2 aliphatic rings. The average Bonchev–Trinajstić information content (AvgIpc) is 2.84. The number of anilines is 1. The molecule has 1 aromatic heterocycles. The van der Waals surface area contributed by atoms with Crippen molar-refractivity contribution in [1.82, 2.24) is 15.5 Å². The minimum absolute atomic E-state index is 0.0704. The van der Waals surface area contributed by atoms with Crippen LogP contribution in [0.5, 0.6) is 5.75 Å². The lowest BCUT2D eigenvalue weighted by Crippen LogP contribution is -2.49. The number of nitrogens with one attached hydrogen (secondary N) is 1. The Morgan fingerprint density at radius 3 is 2.68 bits per heavy atom. The molecule has 4 rings (SSSR count). The molecule has 166 valence electrons. The molecular weight excluding hydrogens is 416 g/mol. The first-order valence-corrected chi connectivity index (χ1v) is 11.2. The minimum atomic E-state index is -0.115. The van der Waals surface area contributed by atoms with Crippen LogP contribution in [0.2, 0.25) is 5.15 Å². The van der Waals surface area contributed by atoms with Gasteiger partial charge in [-0.15, -0.1) is 10.2 Å². The minimum Gasteiger partial charge on any atom is -0.497 e. The molecule has 0 bridgehead atoms. The lowest BCUT2D eigenvalue weighted by molar-refractivity contribution is -0.125. The predicted molar refractivity (Wildman–Crippen MR) is 120 cm³/mol. The number of halogens is 1. The highest BCUT2D eigenvalue weighted by Crippen LogP contribution is 2.35. The summed E-state index contributed by atoms with van der Waals surface area (Å²) >= 11 is 5.85. The lowest BCUT2D eigenvalue weighted by Gasteiger charge is -2.39. The molecule has 1 aromatic carbocycles. The van der Waals surface area contributed by atoms with E-state index in [1.54, 1.807) is 13.2 Å². The maximum Gasteiger partial charge on any atom is 0.224 e. The molecule has 31 heavy (non-hydrogen) atoms. The SMILES string of the molecule is COc1ccc(C2(CNC(=O)C3CCCN(c4ccc(Cl)nn4)C3)CCOCC2)cc1. The number of amides is 1. The van der Waals surface area contributed by atoms with Crippen LogP contribution in [-0.2, 0) is 14.9 Å². The standard InChI is InChI=1S/C23H29ClN4O3/c1-30-19-6-4-18(5-7-19)23(10-13-31-14-11-23)16-25-22(29)17-3-2-12-28(15-17)21-9-8-20(24)26-27-21/h4-9,17H,2-3,10-16H2,1H3,(H,25,29). The molecule has 1 unspecified atom stereocenters. The van der Waals surface area contributed by atoms with E-state index in [9.17, 15) is 4.79 Å². The van der Waals surface area contributed by atoms with Gasteiger partial charge in [0.2, 0.25) is 5.91 Å². The van der Waals surface area contributed by atoms with Crippen LogP contribution in [0.3, 0.4) is 0 Å². The van der Waals surface area contributed by atoms with Crippen LogP contribution in [0.25, 0.3) is 0 Å². The molecule has 2 aromatic rings. The smallest absolute Gasteiger partial charge is 0.224 e. The molecule has 0 aliphatic carbocycles. The van der Waals surface area contributed by atoms with E-state index in [1.165, 1.54) is 5.56 Å². The summed E-state index contributed by atoms with van der Waals surface area (Å²) in [7, 11) is 1.67. The van der Waals surface area contributed by atoms with Crippen LogP contribution in [0.4, 0.5) is 5.82 Å². The third-order valence-corrected chi connectivity index (χ3v) is 6.69. The van der Waals surface area contributed by atoms with Crippen molar-refractivity contribution in [2.75, 3.05) is 44.9 Å². The number of nitrogens with zero attached hydrogens (tertiary/aromatic N) is 3. The van der Waals surface area contributed by atoms with Crippen molar-refractivity contribution in [3.63, 3.8) is 0 Å². The van der Waals surface area contributed by atoms with E-state index in [1.807, 2.05) is 18.2 Å². The Labute approximate surface area is 188 Å². The summed E-state index contributed by atoms with van der Waals surface area (Å²) in [6.07, 6.45) is 3.59. The molecular formula is C23H29ClN4O3. The van der Waals surface area contributed by atoms with Gasteiger partial charge >= 0.3 is 0 Å². The molecule has 2 saturated heterocycles. The summed E-state index contributed by atoms with van der Waals surface area (Å²) in [4.78, 5) is 15.2. The van der Waals surface area contributed by atoms with E-state index in [-0.39, 0.29) is 17.2 Å². The first kappa shape index (κ1) is 21.8. The summed E-state index contributed by atoms with van der Waals surface area (Å²) in [6, 6.07) is 11.8. The van der Waals surface area contributed by atoms with Crippen molar-refractivity contribution in [3.05, 3.63) is 47.1 Å². The van der Waals surface area contributed by atoms with Gasteiger partial charge in [-0.2, -0.15) is 0 Å². The Bertz CT molecular complexity index is 869. The zero-order valence-corrected chi connectivity index (χ0v) is 18.6. The van der Waals surface area contributed by atoms with Crippen LogP contribution in [0.15, 0.2) is 36.4 Å². The fraction of sp³-hybridized carbons (Fsp3) is 0.522. The monoisotopic (exact) mass is 444 g/mol. The van der Waals surface area contributed by atoms with Gasteiger partial charge in [0, 0.05) is 38.3 Å². The third kappa shape index (κ3) is 5.10. The van der Waals surface area contributed by atoms with Gasteiger partial charge in [-0.25, -0.2) is 0 Å². The Morgan fingerprint density at radius 2 is 2.00 bits per heavy atom. The molecule has 0 spiro atoms. The van der Waals surface area contributed by atoms with Crippen LogP contribution < -0.4 is 15.0 Å². The number of rotatable bonds is 6. The van der Waals surface area contributed by atoms with Crippen LogP contribution in [-0.4, -0.2) is 56.1 Å². The maximum absolute atomic E-state index is 13.1. The van der Waals surface area contributed by atoms with Gasteiger partial charge in [-0.05, 0) is 55.5 Å². The largest absolute Gasteiger partial charge is 0.497 e. The van der Waals surface area contributed by atoms with E-state index in [0.29, 0.717) is 31.5 Å². The number of hydrogen-bond donors (Lipinski definition) is 1. The molecule has 0 radical (unpaired) electrons. The van der Waals surface area contributed by atoms with Crippen LogP contribution >= 0.6 is 11.6 Å². The summed E-state index contributed by atoms with van der Waals surface area (Å²) in [6.45, 7) is 3.52. The van der Waals surface area contributed by atoms with Gasteiger partial charge in [0.25, 0.3) is 0 Å². The van der Waals surface area contributed by atoms with Gasteiger partial charge in [-0.3, -0.25) is 4.79 Å². The molecule has 2 aliphatic heterocycles. The quantitative estimate of drug-likeness (QED) is 0.737. The summed E-state index contributed by atoms with van der Waals surface area (Å²) in [5.41, 5.74) is 1.11. The van der Waals surface area contributed by atoms with E-state index in [0.717, 1.165) is 43.8 Å². The number of aromatic nitrogens is 2. The topological polar surface area (TPSA) is 76.6 Å². The molecule has 0 saturated carbocycles. The molecule has 2 fully saturated rings. The Kier molecular flexibility index (Phi) is 6.92. The van der Waals surface area contributed by atoms with E-state index >= 15 is 0 Å². The zero-order chi connectivity index (χ0) is 21.7. The van der Waals surface area contributed by atoms with Gasteiger partial charge in [-0.1, -0.05) is 23.7 Å². The van der Waals surface area contributed by atoms with Gasteiger partial charge in [0.15, 0.2) is 11.0 Å². The van der Waals surface area contributed by atoms with Crippen LogP contribution in [0, 0.1) is 5.92 Å². The summed E-state index contributed by atoms with van der Waals surface area (Å²) in [5.74, 6) is 1.63. The van der Waals surface area contributed by atoms with Gasteiger partial charge < -0.3 is 19.7 Å². The lowest BCUT2D eigenvalue weighted by atomic mass is 9.74. The summed E-state index contributed by atoms with van der Waals surface area (Å²) in [5, 5.41) is 11.7. The number of carbonyl (C=O) groups is 1. The van der Waals surface area contributed by atoms with Gasteiger partial charge in [0.05, 0.1) is 13.0 Å². The Morgan fingerprint density at radius 1 is 1.23 bits per heavy atom. The first-order chi connectivity index (χ1) is 15.1. The highest BCUT2D eigenvalue weighted by atomic mass is 35.5. The van der Waals surface area contributed by atoms with E-state index < -0.39 is 0 Å². The van der Waals surface area contributed by atoms with Crippen molar-refractivity contribution in [3.8, 4) is 5.75 Å². The average molecular weight is 445 g/mol. The van der Waals surface area contributed by atoms with Crippen molar-refractivity contribution in [2.24, 2.45) is 5.92 Å². The second kappa shape index (κ2) is 9.83. The predicted octanol–water partition coefficient (Wildman–Crippen LogP) is 3.22. The second-order valence-electron chi connectivity index (χ2n) is 8.34. The number of methoxy groups -OCH3 is 1. The fourth-order valence-electron chi connectivity index (χ4n) is 4.55. The van der Waals surface area contributed by atoms with Crippen molar-refractivity contribution >= 4 is 23.3 Å². The number of hydrogen-bond acceptors (Lipinski definition) is 6. The first-order valence-electron chi connectivity index (χ1n) is 10.8. The molecule has 7 nitrogen and oxygen atoms in total. The van der Waals surface area contributed by atoms with Crippen LogP contribution in [0.1, 0.15) is 31.2 Å². The Hall–Kier alpha value is -2.38. The molecule has 1 N–H and O–H groups in total.